The molecule has 2 aliphatic rings. The summed E-state index contributed by atoms with van der Waals surface area (Å²) in [6.45, 7) is 0. The number of rotatable bonds is 5. The van der Waals surface area contributed by atoms with Gasteiger partial charge in [0.1, 0.15) is 23.2 Å². The van der Waals surface area contributed by atoms with Gasteiger partial charge in [-0.1, -0.05) is 48.5 Å². The highest BCUT2D eigenvalue weighted by Gasteiger charge is 2.22. The van der Waals surface area contributed by atoms with Gasteiger partial charge >= 0.3 is 0 Å². The molecule has 34 heavy (non-hydrogen) atoms. The van der Waals surface area contributed by atoms with E-state index < -0.39 is 0 Å². The number of nitrogens with one attached hydrogen (secondary N) is 1. The van der Waals surface area contributed by atoms with Gasteiger partial charge in [-0.05, 0) is 41.5 Å². The number of fused-ring (bicyclic) bond motifs is 1. The molecule has 0 spiro atoms. The van der Waals surface area contributed by atoms with Crippen molar-refractivity contribution >= 4 is 17.8 Å². The Hall–Kier alpha value is -4.96. The van der Waals surface area contributed by atoms with Crippen LogP contribution in [0, 0.1) is 11.3 Å². The van der Waals surface area contributed by atoms with E-state index in [1.54, 1.807) is 24.5 Å². The van der Waals surface area contributed by atoms with Crippen molar-refractivity contribution in [1.29, 1.82) is 5.26 Å². The fourth-order valence-electron chi connectivity index (χ4n) is 3.77. The number of hydrogen-bond donors (Lipinski definition) is 2. The molecule has 3 heterocycles. The zero-order valence-electron chi connectivity index (χ0n) is 18.1. The molecule has 0 fully saturated rings. The third-order valence-electron chi connectivity index (χ3n) is 5.47. The van der Waals surface area contributed by atoms with E-state index >= 15 is 0 Å². The Labute approximate surface area is 195 Å². The number of benzene rings is 2. The Morgan fingerprint density at radius 1 is 1.03 bits per heavy atom. The van der Waals surface area contributed by atoms with Crippen LogP contribution in [0.5, 0.6) is 0 Å². The van der Waals surface area contributed by atoms with Gasteiger partial charge in [0, 0.05) is 24.5 Å². The standard InChI is InChI=1S/C27H20N6O/c28-16-20-7-4-14-30-24(20)25-26-32-23(15-19-5-2-1-3-6-19)27(34)33(26)17-22(31-25)13-10-18-8-11-21(29)12-9-18/h1-14,17,31H,15,29H2. The molecule has 0 saturated carbocycles. The molecule has 2 aromatic carbocycles. The molecule has 164 valence electrons. The maximum Gasteiger partial charge on any atom is 0.278 e. The number of imidazole rings is 1. The van der Waals surface area contributed by atoms with Crippen molar-refractivity contribution in [3.63, 3.8) is 0 Å². The minimum Gasteiger partial charge on any atom is -0.399 e. The number of H-pyrrole nitrogens is 1. The van der Waals surface area contributed by atoms with Gasteiger partial charge < -0.3 is 10.7 Å². The summed E-state index contributed by atoms with van der Waals surface area (Å²) in [6, 6.07) is 22.8. The molecule has 0 atom stereocenters. The molecule has 0 saturated heterocycles. The van der Waals surface area contributed by atoms with Crippen molar-refractivity contribution in [1.82, 2.24) is 19.5 Å². The maximum absolute atomic E-state index is 13.3. The van der Waals surface area contributed by atoms with E-state index in [2.05, 4.69) is 21.0 Å². The average molecular weight is 444 g/mol. The molecule has 5 rings (SSSR count). The van der Waals surface area contributed by atoms with Gasteiger partial charge in [0.2, 0.25) is 0 Å². The Morgan fingerprint density at radius 2 is 1.82 bits per heavy atom. The molecule has 0 aliphatic carbocycles. The summed E-state index contributed by atoms with van der Waals surface area (Å²) >= 11 is 0. The van der Waals surface area contributed by atoms with Crippen LogP contribution in [0.3, 0.4) is 0 Å². The number of nitrogens with zero attached hydrogens (tertiary/aromatic N) is 4. The largest absolute Gasteiger partial charge is 0.399 e. The van der Waals surface area contributed by atoms with Crippen molar-refractivity contribution in [2.45, 2.75) is 6.42 Å². The Kier molecular flexibility index (Phi) is 5.46. The van der Waals surface area contributed by atoms with E-state index in [0.29, 0.717) is 46.3 Å². The molecule has 7 heteroatoms. The first-order chi connectivity index (χ1) is 16.6. The molecule has 0 unspecified atom stereocenters. The lowest BCUT2D eigenvalue weighted by Crippen LogP contribution is -2.17. The Balaban J connectivity index is 1.67. The topological polar surface area (TPSA) is 113 Å². The predicted molar refractivity (Wildman–Crippen MR) is 132 cm³/mol. The molecule has 7 nitrogen and oxygen atoms in total. The third kappa shape index (κ3) is 4.08. The zero-order valence-corrected chi connectivity index (χ0v) is 18.1. The smallest absolute Gasteiger partial charge is 0.278 e. The fraction of sp³-hybridized carbons (Fsp3) is 0.0370. The first-order valence-corrected chi connectivity index (χ1v) is 10.7. The van der Waals surface area contributed by atoms with Gasteiger partial charge in [-0.3, -0.25) is 14.3 Å². The van der Waals surface area contributed by atoms with Crippen LogP contribution in [0.15, 0.2) is 83.9 Å². The van der Waals surface area contributed by atoms with E-state index in [4.69, 9.17) is 5.73 Å². The van der Waals surface area contributed by atoms with Gasteiger partial charge in [-0.25, -0.2) is 4.98 Å². The molecule has 3 aromatic rings. The monoisotopic (exact) mass is 444 g/mol. The van der Waals surface area contributed by atoms with E-state index in [1.807, 2.05) is 66.7 Å². The summed E-state index contributed by atoms with van der Waals surface area (Å²) < 4.78 is 1.52. The van der Waals surface area contributed by atoms with Crippen LogP contribution in [0.25, 0.3) is 29.4 Å². The Morgan fingerprint density at radius 3 is 2.59 bits per heavy atom. The van der Waals surface area contributed by atoms with Gasteiger partial charge in [0.25, 0.3) is 5.56 Å². The van der Waals surface area contributed by atoms with E-state index in [-0.39, 0.29) is 5.56 Å². The van der Waals surface area contributed by atoms with Crippen molar-refractivity contribution in [3.8, 4) is 23.3 Å². The number of nitriles is 1. The SMILES string of the molecule is N#Cc1cccnc1-c1[nH]c(C=Cc2ccc(N)cc2)cn2c(=O)c(Cc3ccccc3)nc1-2. The first kappa shape index (κ1) is 20.9. The molecule has 2 aliphatic heterocycles. The second-order valence-corrected chi connectivity index (χ2v) is 7.82. The molecule has 3 N–H and O–H groups in total. The molecule has 0 radical (unpaired) electrons. The van der Waals surface area contributed by atoms with Crippen LogP contribution in [0.2, 0.25) is 0 Å². The first-order valence-electron chi connectivity index (χ1n) is 10.7. The number of hydrogen-bond acceptors (Lipinski definition) is 5. The van der Waals surface area contributed by atoms with Crippen molar-refractivity contribution < 1.29 is 0 Å². The molecule has 1 aromatic heterocycles. The molecular weight excluding hydrogens is 424 g/mol. The maximum atomic E-state index is 13.3. The summed E-state index contributed by atoms with van der Waals surface area (Å²) in [5, 5.41) is 9.63. The highest BCUT2D eigenvalue weighted by Crippen LogP contribution is 2.26. The predicted octanol–water partition coefficient (Wildman–Crippen LogP) is 4.28. The second kappa shape index (κ2) is 8.88. The summed E-state index contributed by atoms with van der Waals surface area (Å²) in [4.78, 5) is 25.7. The van der Waals surface area contributed by atoms with Crippen molar-refractivity contribution in [2.75, 3.05) is 5.73 Å². The van der Waals surface area contributed by atoms with Crippen LogP contribution in [0.4, 0.5) is 5.69 Å². The van der Waals surface area contributed by atoms with Crippen molar-refractivity contribution in [2.24, 2.45) is 0 Å². The number of pyridine rings is 1. The average Bonchev–Trinajstić information content (AvgIpc) is 3.19. The summed E-state index contributed by atoms with van der Waals surface area (Å²) in [5.74, 6) is 0.427. The fourth-order valence-corrected chi connectivity index (χ4v) is 3.77. The van der Waals surface area contributed by atoms with Crippen LogP contribution in [0.1, 0.15) is 28.1 Å². The van der Waals surface area contributed by atoms with E-state index in [0.717, 1.165) is 11.1 Å². The minimum absolute atomic E-state index is 0.203. The Bertz CT molecular complexity index is 1560. The lowest BCUT2D eigenvalue weighted by atomic mass is 10.1. The normalized spacial score (nSPS) is 11.1. The minimum atomic E-state index is -0.203. The number of anilines is 1. The lowest BCUT2D eigenvalue weighted by Gasteiger charge is -2.11. The highest BCUT2D eigenvalue weighted by molar-refractivity contribution is 5.74. The van der Waals surface area contributed by atoms with Crippen LogP contribution in [-0.2, 0) is 6.42 Å². The number of nitrogens with two attached hydrogens (primary N) is 1. The number of nitrogen functional groups attached to an aromatic ring is 1. The number of aromatic amines is 1. The van der Waals surface area contributed by atoms with E-state index in [1.165, 1.54) is 4.57 Å². The summed E-state index contributed by atoms with van der Waals surface area (Å²) in [6.07, 6.45) is 7.51. The van der Waals surface area contributed by atoms with Gasteiger partial charge in [-0.15, -0.1) is 0 Å². The number of aromatic nitrogens is 4. The quantitative estimate of drug-likeness (QED) is 0.393. The summed E-state index contributed by atoms with van der Waals surface area (Å²) in [7, 11) is 0. The van der Waals surface area contributed by atoms with Gasteiger partial charge in [0.05, 0.1) is 11.3 Å². The van der Waals surface area contributed by atoms with Gasteiger partial charge in [0.15, 0.2) is 5.82 Å². The molecule has 0 bridgehead atoms. The van der Waals surface area contributed by atoms with E-state index in [9.17, 15) is 10.1 Å². The van der Waals surface area contributed by atoms with Crippen molar-refractivity contribution in [3.05, 3.63) is 118 Å². The highest BCUT2D eigenvalue weighted by atomic mass is 16.1. The third-order valence-corrected chi connectivity index (χ3v) is 5.47. The zero-order chi connectivity index (χ0) is 23.5. The molecular formula is C27H20N6O. The summed E-state index contributed by atoms with van der Waals surface area (Å²) in [5.41, 5.74) is 10.6. The second-order valence-electron chi connectivity index (χ2n) is 7.82. The molecule has 0 amide bonds. The van der Waals surface area contributed by atoms with Crippen LogP contribution < -0.4 is 11.3 Å². The lowest BCUT2D eigenvalue weighted by molar-refractivity contribution is 0.961. The van der Waals surface area contributed by atoms with Crippen LogP contribution in [-0.4, -0.2) is 19.5 Å². The van der Waals surface area contributed by atoms with Crippen LogP contribution >= 0.6 is 0 Å². The van der Waals surface area contributed by atoms with Gasteiger partial charge in [-0.2, -0.15) is 5.26 Å².